The number of rotatable bonds is 13. The number of hydrogen-bond donors (Lipinski definition) is 3. The normalized spacial score (nSPS) is 33.8. The Bertz CT molecular complexity index is 1070. The SMILES string of the molecule is CC1CCC(C)C(C)(C)C1.CCC1CON(CC2CCCC(C3CC(CNC(C)=O)CC(C(=O)NC(CC4CCCCC4)CN(C)C)C3)C2OC)C1.CO. The Balaban J connectivity index is 0.000000560. The molecule has 0 aromatic rings. The molecule has 0 bridgehead atoms. The van der Waals surface area contributed by atoms with Crippen molar-refractivity contribution in [3.05, 3.63) is 0 Å². The highest BCUT2D eigenvalue weighted by Gasteiger charge is 2.44. The third-order valence-corrected chi connectivity index (χ3v) is 14.3. The molecular weight excluding hydrogens is 677 g/mol. The van der Waals surface area contributed by atoms with Gasteiger partial charge in [0.1, 0.15) is 0 Å². The van der Waals surface area contributed by atoms with Gasteiger partial charge in [-0.15, -0.1) is 0 Å². The number of aliphatic hydroxyl groups excluding tert-OH is 1. The van der Waals surface area contributed by atoms with Gasteiger partial charge in [0.15, 0.2) is 0 Å². The fourth-order valence-corrected chi connectivity index (χ4v) is 11.0. The van der Waals surface area contributed by atoms with Crippen LogP contribution in [0.5, 0.6) is 0 Å². The average molecular weight is 763 g/mol. The molecule has 54 heavy (non-hydrogen) atoms. The van der Waals surface area contributed by atoms with Crippen molar-refractivity contribution in [2.75, 3.05) is 61.1 Å². The summed E-state index contributed by atoms with van der Waals surface area (Å²) in [5.74, 6) is 5.12. The zero-order valence-corrected chi connectivity index (χ0v) is 36.7. The molecule has 4 saturated carbocycles. The van der Waals surface area contributed by atoms with E-state index in [1.807, 2.05) is 7.11 Å². The van der Waals surface area contributed by atoms with Crippen LogP contribution in [-0.4, -0.2) is 100 Å². The first-order valence-corrected chi connectivity index (χ1v) is 22.3. The van der Waals surface area contributed by atoms with Gasteiger partial charge in [-0.1, -0.05) is 79.6 Å². The van der Waals surface area contributed by atoms with E-state index in [-0.39, 0.29) is 29.9 Å². The van der Waals surface area contributed by atoms with Crippen LogP contribution in [0.15, 0.2) is 0 Å². The zero-order chi connectivity index (χ0) is 39.8. The van der Waals surface area contributed by atoms with E-state index in [0.29, 0.717) is 41.5 Å². The van der Waals surface area contributed by atoms with Gasteiger partial charge >= 0.3 is 0 Å². The largest absolute Gasteiger partial charge is 0.400 e. The van der Waals surface area contributed by atoms with Crippen molar-refractivity contribution in [1.29, 1.82) is 0 Å². The van der Waals surface area contributed by atoms with Gasteiger partial charge in [0.25, 0.3) is 0 Å². The van der Waals surface area contributed by atoms with Gasteiger partial charge in [0.2, 0.25) is 11.8 Å². The standard InChI is InChI=1S/C34H62N4O4.C10H20.CH4O/c1-6-25-20-38(42-23-25)21-28-13-10-14-32(33(28)41-5)29-15-27(19-35-24(2)39)16-30(18-29)34(40)36-31(22-37(3)4)17-26-11-8-7-9-12-26;1-8-5-6-9(2)10(3,4)7-8;1-2/h25-33H,6-23H2,1-5H3,(H,35,39)(H,36,40);8-9H,5-7H2,1-4H3;2H,1H3. The van der Waals surface area contributed by atoms with E-state index >= 15 is 0 Å². The van der Waals surface area contributed by atoms with Crippen LogP contribution in [0.25, 0.3) is 0 Å². The van der Waals surface area contributed by atoms with Crippen LogP contribution in [-0.2, 0) is 19.2 Å². The smallest absolute Gasteiger partial charge is 0.223 e. The first kappa shape index (κ1) is 47.1. The molecule has 4 aliphatic carbocycles. The minimum atomic E-state index is -0.0105. The van der Waals surface area contributed by atoms with E-state index in [1.165, 1.54) is 64.2 Å². The van der Waals surface area contributed by atoms with Crippen LogP contribution in [0.3, 0.4) is 0 Å². The fraction of sp³-hybridized carbons (Fsp3) is 0.956. The van der Waals surface area contributed by atoms with Crippen LogP contribution in [0, 0.1) is 58.7 Å². The molecule has 1 saturated heterocycles. The number of ether oxygens (including phenoxy) is 1. The first-order chi connectivity index (χ1) is 25.8. The summed E-state index contributed by atoms with van der Waals surface area (Å²) in [5.41, 5.74) is 0.609. The molecule has 5 aliphatic rings. The third kappa shape index (κ3) is 15.2. The van der Waals surface area contributed by atoms with Crippen molar-refractivity contribution in [3.8, 4) is 0 Å². The van der Waals surface area contributed by atoms with Gasteiger partial charge in [-0.2, -0.15) is 5.06 Å². The van der Waals surface area contributed by atoms with Crippen LogP contribution >= 0.6 is 0 Å². The summed E-state index contributed by atoms with van der Waals surface area (Å²) in [7, 11) is 7.11. The number of nitrogens with one attached hydrogen (secondary N) is 2. The summed E-state index contributed by atoms with van der Waals surface area (Å²) in [6.45, 7) is 17.8. The first-order valence-electron chi connectivity index (χ1n) is 22.3. The lowest BCUT2D eigenvalue weighted by Gasteiger charge is -2.46. The summed E-state index contributed by atoms with van der Waals surface area (Å²) in [6, 6.07) is 0.197. The molecule has 10 atom stereocenters. The molecule has 0 spiro atoms. The van der Waals surface area contributed by atoms with Crippen molar-refractivity contribution in [2.24, 2.45) is 58.7 Å². The molecule has 2 amide bonds. The summed E-state index contributed by atoms with van der Waals surface area (Å²) in [4.78, 5) is 34.1. The Morgan fingerprint density at radius 2 is 1.67 bits per heavy atom. The molecule has 5 fully saturated rings. The number of carbonyl (C=O) groups excluding carboxylic acids is 2. The molecule has 1 heterocycles. The van der Waals surface area contributed by atoms with Gasteiger partial charge in [0, 0.05) is 65.2 Å². The maximum absolute atomic E-state index is 14.0. The van der Waals surface area contributed by atoms with Crippen molar-refractivity contribution in [2.45, 2.75) is 156 Å². The molecule has 5 rings (SSSR count). The predicted octanol–water partition coefficient (Wildman–Crippen LogP) is 7.95. The van der Waals surface area contributed by atoms with Gasteiger partial charge in [-0.25, -0.2) is 0 Å². The van der Waals surface area contributed by atoms with E-state index in [2.05, 4.69) is 69.3 Å². The molecule has 0 radical (unpaired) electrons. The number of methoxy groups -OCH3 is 1. The number of aliphatic hydroxyl groups is 1. The molecule has 3 N–H and O–H groups in total. The van der Waals surface area contributed by atoms with Crippen molar-refractivity contribution < 1.29 is 24.3 Å². The molecule has 1 aliphatic heterocycles. The topological polar surface area (TPSA) is 103 Å². The van der Waals surface area contributed by atoms with Gasteiger partial charge in [-0.05, 0) is 119 Å². The Hall–Kier alpha value is -1.26. The zero-order valence-electron chi connectivity index (χ0n) is 36.7. The second-order valence-electron chi connectivity index (χ2n) is 19.4. The highest BCUT2D eigenvalue weighted by molar-refractivity contribution is 5.79. The highest BCUT2D eigenvalue weighted by atomic mass is 16.7. The van der Waals surface area contributed by atoms with Crippen LogP contribution in [0.4, 0.5) is 0 Å². The minimum Gasteiger partial charge on any atom is -0.400 e. The van der Waals surface area contributed by atoms with Crippen LogP contribution in [0.1, 0.15) is 144 Å². The lowest BCUT2D eigenvalue weighted by Crippen LogP contribution is -2.49. The van der Waals surface area contributed by atoms with Crippen molar-refractivity contribution >= 4 is 11.8 Å². The van der Waals surface area contributed by atoms with Gasteiger partial charge in [0.05, 0.1) is 12.7 Å². The van der Waals surface area contributed by atoms with E-state index in [9.17, 15) is 9.59 Å². The van der Waals surface area contributed by atoms with Gasteiger partial charge < -0.3 is 25.4 Å². The third-order valence-electron chi connectivity index (χ3n) is 14.3. The second kappa shape index (κ2) is 23.8. The van der Waals surface area contributed by atoms with E-state index < -0.39 is 0 Å². The Morgan fingerprint density at radius 1 is 0.944 bits per heavy atom. The summed E-state index contributed by atoms with van der Waals surface area (Å²) in [5, 5.41) is 15.8. The molecule has 10 unspecified atom stereocenters. The van der Waals surface area contributed by atoms with Crippen molar-refractivity contribution in [1.82, 2.24) is 20.6 Å². The van der Waals surface area contributed by atoms with E-state index in [4.69, 9.17) is 14.7 Å². The average Bonchev–Trinajstić information content (AvgIpc) is 3.60. The summed E-state index contributed by atoms with van der Waals surface area (Å²) >= 11 is 0. The number of nitrogens with zero attached hydrogens (tertiary/aromatic N) is 2. The highest BCUT2D eigenvalue weighted by Crippen LogP contribution is 2.46. The fourth-order valence-electron chi connectivity index (χ4n) is 11.0. The van der Waals surface area contributed by atoms with E-state index in [1.54, 1.807) is 6.92 Å². The molecule has 9 heteroatoms. The number of amides is 2. The molecule has 316 valence electrons. The molecule has 0 aromatic heterocycles. The van der Waals surface area contributed by atoms with Crippen LogP contribution < -0.4 is 10.6 Å². The Morgan fingerprint density at radius 3 is 2.26 bits per heavy atom. The number of hydroxylamine groups is 2. The van der Waals surface area contributed by atoms with E-state index in [0.717, 1.165) is 89.6 Å². The van der Waals surface area contributed by atoms with Gasteiger partial charge in [-0.3, -0.25) is 14.4 Å². The molecular formula is C45H86N4O5. The quantitative estimate of drug-likeness (QED) is 0.175. The lowest BCUT2D eigenvalue weighted by molar-refractivity contribution is -0.145. The predicted molar refractivity (Wildman–Crippen MR) is 222 cm³/mol. The maximum atomic E-state index is 14.0. The van der Waals surface area contributed by atoms with Crippen LogP contribution in [0.2, 0.25) is 0 Å². The summed E-state index contributed by atoms with van der Waals surface area (Å²) in [6.07, 6.45) is 19.7. The monoisotopic (exact) mass is 763 g/mol. The number of carbonyl (C=O) groups is 2. The van der Waals surface area contributed by atoms with Crippen molar-refractivity contribution in [3.63, 3.8) is 0 Å². The molecule has 0 aromatic carbocycles. The number of hydrogen-bond acceptors (Lipinski definition) is 7. The molecule has 9 nitrogen and oxygen atoms in total. The maximum Gasteiger partial charge on any atom is 0.223 e. The minimum absolute atomic E-state index is 0.0105. The Kier molecular flexibility index (Phi) is 20.8. The summed E-state index contributed by atoms with van der Waals surface area (Å²) < 4.78 is 6.30. The number of likely N-dealkylation sites (N-methyl/N-ethyl adjacent to an activating group) is 1. The second-order valence-corrected chi connectivity index (χ2v) is 19.4. The lowest BCUT2D eigenvalue weighted by atomic mass is 9.64. The Labute approximate surface area is 332 Å².